The first-order valence-electron chi connectivity index (χ1n) is 13.4. The highest BCUT2D eigenvalue weighted by atomic mass is 19.3. The molecule has 2 aromatic heterocycles. The van der Waals surface area contributed by atoms with Crippen LogP contribution in [0.4, 0.5) is 14.5 Å². The number of halogens is 2. The summed E-state index contributed by atoms with van der Waals surface area (Å²) >= 11 is 0. The molecule has 0 aliphatic heterocycles. The second-order valence-electron chi connectivity index (χ2n) is 10.6. The molecular weight excluding hydrogens is 480 g/mol. The van der Waals surface area contributed by atoms with E-state index in [1.165, 1.54) is 0 Å². The number of rotatable bonds is 12. The molecule has 0 saturated heterocycles. The predicted molar refractivity (Wildman–Crippen MR) is 130 cm³/mol. The molecule has 0 bridgehead atoms. The molecule has 196 valence electrons. The van der Waals surface area contributed by atoms with Gasteiger partial charge >= 0.3 is 0 Å². The van der Waals surface area contributed by atoms with Crippen molar-refractivity contribution in [3.63, 3.8) is 0 Å². The van der Waals surface area contributed by atoms with E-state index in [9.17, 15) is 13.6 Å². The Morgan fingerprint density at radius 3 is 2.41 bits per heavy atom. The van der Waals surface area contributed by atoms with Gasteiger partial charge in [0.05, 0.1) is 0 Å². The van der Waals surface area contributed by atoms with Gasteiger partial charge in [0.1, 0.15) is 0 Å². The summed E-state index contributed by atoms with van der Waals surface area (Å²) in [5.41, 5.74) is 1.47. The van der Waals surface area contributed by atoms with Crippen molar-refractivity contribution in [3.8, 4) is 11.5 Å². The van der Waals surface area contributed by atoms with E-state index in [1.54, 1.807) is 4.90 Å². The molecular formula is C27H31F2N5O3. The monoisotopic (exact) mass is 511 g/mol. The minimum atomic E-state index is -2.37. The van der Waals surface area contributed by atoms with E-state index in [0.29, 0.717) is 42.5 Å². The number of unbranched alkanes of at least 4 members (excludes halogenated alkanes) is 2. The molecule has 1 aromatic carbocycles. The quantitative estimate of drug-likeness (QED) is 0.279. The molecule has 3 fully saturated rings. The molecule has 2 heterocycles. The molecule has 0 unspecified atom stereocenters. The molecule has 3 aliphatic rings. The van der Waals surface area contributed by atoms with Crippen molar-refractivity contribution < 1.29 is 22.4 Å². The van der Waals surface area contributed by atoms with Gasteiger partial charge in [-0.15, -0.1) is 20.4 Å². The largest absolute Gasteiger partial charge is 0.425 e. The first-order valence-corrected chi connectivity index (χ1v) is 13.4. The van der Waals surface area contributed by atoms with E-state index in [-0.39, 0.29) is 24.7 Å². The molecule has 37 heavy (non-hydrogen) atoms. The minimum absolute atomic E-state index is 0.0933. The lowest BCUT2D eigenvalue weighted by atomic mass is 9.74. The Hall–Kier alpha value is -3.17. The third-order valence-corrected chi connectivity index (χ3v) is 7.60. The topological polar surface area (TPSA) is 98.2 Å². The van der Waals surface area contributed by atoms with Crippen molar-refractivity contribution >= 4 is 11.6 Å². The second kappa shape index (κ2) is 10.3. The van der Waals surface area contributed by atoms with E-state index in [4.69, 9.17) is 8.83 Å². The number of hydrogen-bond acceptors (Lipinski definition) is 7. The molecule has 3 aliphatic carbocycles. The summed E-state index contributed by atoms with van der Waals surface area (Å²) in [7, 11) is 0. The molecule has 8 nitrogen and oxygen atoms in total. The van der Waals surface area contributed by atoms with Gasteiger partial charge in [-0.2, -0.15) is 0 Å². The number of amides is 1. The molecule has 10 heteroatoms. The fourth-order valence-corrected chi connectivity index (χ4v) is 4.90. The number of hydrogen-bond donors (Lipinski definition) is 0. The van der Waals surface area contributed by atoms with Crippen LogP contribution >= 0.6 is 0 Å². The molecule has 0 atom stereocenters. The fraction of sp³-hybridized carbons (Fsp3) is 0.593. The van der Waals surface area contributed by atoms with Gasteiger partial charge in [-0.25, -0.2) is 8.78 Å². The van der Waals surface area contributed by atoms with Crippen molar-refractivity contribution in [2.45, 2.75) is 82.5 Å². The molecule has 0 radical (unpaired) electrons. The Morgan fingerprint density at radius 2 is 1.68 bits per heavy atom. The lowest BCUT2D eigenvalue weighted by Gasteiger charge is -2.37. The number of anilines is 1. The van der Waals surface area contributed by atoms with Gasteiger partial charge in [0.2, 0.25) is 35.9 Å². The van der Waals surface area contributed by atoms with Crippen LogP contribution in [0.3, 0.4) is 0 Å². The van der Waals surface area contributed by atoms with Gasteiger partial charge in [-0.1, -0.05) is 12.5 Å². The summed E-state index contributed by atoms with van der Waals surface area (Å²) in [5.74, 6) is 2.16. The summed E-state index contributed by atoms with van der Waals surface area (Å²) < 4.78 is 37.7. The highest BCUT2D eigenvalue weighted by molar-refractivity contribution is 5.96. The number of aryl methyl sites for hydroxylation is 1. The number of carbonyl (C=O) groups excluding carboxylic acids is 1. The molecule has 0 spiro atoms. The Balaban J connectivity index is 1.10. The number of nitrogens with zero attached hydrogens (tertiary/aromatic N) is 5. The second-order valence-corrected chi connectivity index (χ2v) is 10.6. The van der Waals surface area contributed by atoms with E-state index in [1.807, 2.05) is 24.3 Å². The van der Waals surface area contributed by atoms with E-state index in [2.05, 4.69) is 20.4 Å². The number of aromatic nitrogens is 4. The van der Waals surface area contributed by atoms with Crippen LogP contribution < -0.4 is 4.90 Å². The average molecular weight is 512 g/mol. The summed E-state index contributed by atoms with van der Waals surface area (Å²) in [4.78, 5) is 15.1. The SMILES string of the molecule is O=C(C1CC(C(F)F)C1)N(CCCCCc1nnc(C2CC2)o1)c1cccc(-c2nnc(C3CC3)o2)c1. The van der Waals surface area contributed by atoms with E-state index < -0.39 is 12.3 Å². The third-order valence-electron chi connectivity index (χ3n) is 7.60. The summed E-state index contributed by atoms with van der Waals surface area (Å²) in [5, 5.41) is 16.6. The normalized spacial score (nSPS) is 21.3. The van der Waals surface area contributed by atoms with Crippen molar-refractivity contribution in [1.29, 1.82) is 0 Å². The van der Waals surface area contributed by atoms with Crippen molar-refractivity contribution in [1.82, 2.24) is 20.4 Å². The summed E-state index contributed by atoms with van der Waals surface area (Å²) in [6, 6.07) is 7.50. The molecule has 0 N–H and O–H groups in total. The van der Waals surface area contributed by atoms with Gasteiger partial charge < -0.3 is 13.7 Å². The van der Waals surface area contributed by atoms with Crippen LogP contribution in [0.15, 0.2) is 33.1 Å². The van der Waals surface area contributed by atoms with Crippen LogP contribution in [0.5, 0.6) is 0 Å². The van der Waals surface area contributed by atoms with Crippen molar-refractivity contribution in [2.75, 3.05) is 11.4 Å². The molecule has 6 rings (SSSR count). The van der Waals surface area contributed by atoms with E-state index >= 15 is 0 Å². The Kier molecular flexibility index (Phi) is 6.73. The lowest BCUT2D eigenvalue weighted by Crippen LogP contribution is -2.44. The molecule has 3 aromatic rings. The van der Waals surface area contributed by atoms with Gasteiger partial charge in [0.25, 0.3) is 0 Å². The zero-order chi connectivity index (χ0) is 25.4. The first-order chi connectivity index (χ1) is 18.0. The average Bonchev–Trinajstić information content (AvgIpc) is 3.80. The van der Waals surface area contributed by atoms with Crippen LogP contribution in [0.2, 0.25) is 0 Å². The molecule has 1 amide bonds. The maximum atomic E-state index is 13.4. The maximum absolute atomic E-state index is 13.4. The lowest BCUT2D eigenvalue weighted by molar-refractivity contribution is -0.129. The van der Waals surface area contributed by atoms with Crippen LogP contribution in [0.25, 0.3) is 11.5 Å². The van der Waals surface area contributed by atoms with Crippen LogP contribution in [-0.4, -0.2) is 39.3 Å². The first kappa shape index (κ1) is 24.2. The smallest absolute Gasteiger partial charge is 0.247 e. The Labute approximate surface area is 213 Å². The maximum Gasteiger partial charge on any atom is 0.247 e. The van der Waals surface area contributed by atoms with E-state index in [0.717, 1.165) is 62.1 Å². The summed E-state index contributed by atoms with van der Waals surface area (Å²) in [6.45, 7) is 0.506. The van der Waals surface area contributed by atoms with Crippen LogP contribution in [-0.2, 0) is 11.2 Å². The third kappa shape index (κ3) is 5.57. The van der Waals surface area contributed by atoms with Crippen molar-refractivity contribution in [3.05, 3.63) is 41.9 Å². The van der Waals surface area contributed by atoms with Crippen molar-refractivity contribution in [2.24, 2.45) is 11.8 Å². The zero-order valence-corrected chi connectivity index (χ0v) is 20.7. The Bertz CT molecular complexity index is 1230. The fourth-order valence-electron chi connectivity index (χ4n) is 4.90. The summed E-state index contributed by atoms with van der Waals surface area (Å²) in [6.07, 6.45) is 5.73. The van der Waals surface area contributed by atoms with Crippen LogP contribution in [0.1, 0.15) is 87.3 Å². The van der Waals surface area contributed by atoms with Gasteiger partial charge in [-0.3, -0.25) is 4.79 Å². The number of alkyl halides is 2. The molecule has 3 saturated carbocycles. The van der Waals surface area contributed by atoms with Gasteiger partial charge in [0, 0.05) is 47.9 Å². The highest BCUT2D eigenvalue weighted by Crippen LogP contribution is 2.42. The zero-order valence-electron chi connectivity index (χ0n) is 20.7. The predicted octanol–water partition coefficient (Wildman–Crippen LogP) is 5.91. The minimum Gasteiger partial charge on any atom is -0.425 e. The Morgan fingerprint density at radius 1 is 0.946 bits per heavy atom. The standard InChI is InChI=1S/C27H31F2N5O3/c28-23(29)19-13-20(14-19)27(35)34(12-3-1-2-7-22-30-31-24(36-22)16-8-9-16)21-6-4-5-18(15-21)26-33-32-25(37-26)17-10-11-17/h4-6,15-17,19-20,23H,1-3,7-14H2. The van der Waals surface area contributed by atoms with Gasteiger partial charge in [-0.05, 0) is 69.6 Å². The van der Waals surface area contributed by atoms with Gasteiger partial charge in [0.15, 0.2) is 0 Å². The highest BCUT2D eigenvalue weighted by Gasteiger charge is 2.41. The van der Waals surface area contributed by atoms with Crippen LogP contribution in [0, 0.1) is 11.8 Å². The number of benzene rings is 1. The number of carbonyl (C=O) groups is 1.